The lowest BCUT2D eigenvalue weighted by atomic mass is 10.0. The molecule has 0 radical (unpaired) electrons. The maximum Gasteiger partial charge on any atom is 0.123 e. The summed E-state index contributed by atoms with van der Waals surface area (Å²) in [6, 6.07) is 4.46. The first-order valence-electron chi connectivity index (χ1n) is 4.66. The van der Waals surface area contributed by atoms with E-state index in [0.717, 1.165) is 5.56 Å². The minimum absolute atomic E-state index is 0. The van der Waals surface area contributed by atoms with E-state index >= 15 is 0 Å². The number of hydrogen-bond donors (Lipinski definition) is 1. The van der Waals surface area contributed by atoms with Crippen LogP contribution in [0.3, 0.4) is 0 Å². The normalized spacial score (nSPS) is 9.38. The number of nitrogen functional groups attached to an aromatic ring is 1. The Morgan fingerprint density at radius 1 is 1.31 bits per heavy atom. The van der Waals surface area contributed by atoms with Crippen molar-refractivity contribution in [1.82, 2.24) is 0 Å². The highest BCUT2D eigenvalue weighted by molar-refractivity contribution is 5.48. The molecule has 0 aliphatic heterocycles. The van der Waals surface area contributed by atoms with Crippen LogP contribution in [0.1, 0.15) is 40.6 Å². The summed E-state index contributed by atoms with van der Waals surface area (Å²) in [6.45, 7) is 7.98. The Morgan fingerprint density at radius 3 is 2.23 bits per heavy atom. The molecule has 0 aliphatic carbocycles. The molecule has 0 saturated carbocycles. The van der Waals surface area contributed by atoms with Gasteiger partial charge in [0.1, 0.15) is 5.82 Å². The fourth-order valence-corrected chi connectivity index (χ4v) is 1.05. The molecule has 76 valence electrons. The molecule has 0 bridgehead atoms. The first-order valence-corrected chi connectivity index (χ1v) is 4.66. The van der Waals surface area contributed by atoms with Gasteiger partial charge < -0.3 is 5.73 Å². The second kappa shape index (κ2) is 5.57. The van der Waals surface area contributed by atoms with Crippen LogP contribution in [0, 0.1) is 5.82 Å². The second-order valence-electron chi connectivity index (χ2n) is 2.93. The van der Waals surface area contributed by atoms with Crippen LogP contribution < -0.4 is 5.73 Å². The molecule has 0 heterocycles. The quantitative estimate of drug-likeness (QED) is 0.661. The zero-order chi connectivity index (χ0) is 10.4. The Balaban J connectivity index is 0. The van der Waals surface area contributed by atoms with Gasteiger partial charge in [0.2, 0.25) is 0 Å². The zero-order valence-electron chi connectivity index (χ0n) is 8.76. The Hall–Kier alpha value is -1.05. The first-order chi connectivity index (χ1) is 6.11. The lowest BCUT2D eigenvalue weighted by Crippen LogP contribution is -1.96. The first kappa shape index (κ1) is 11.9. The van der Waals surface area contributed by atoms with Gasteiger partial charge in [0.15, 0.2) is 0 Å². The minimum Gasteiger partial charge on any atom is -0.398 e. The van der Waals surface area contributed by atoms with Crippen molar-refractivity contribution in [3.05, 3.63) is 29.6 Å². The molecule has 0 amide bonds. The molecule has 2 N–H and O–H groups in total. The van der Waals surface area contributed by atoms with Crippen molar-refractivity contribution >= 4 is 5.69 Å². The van der Waals surface area contributed by atoms with Gasteiger partial charge in [-0.3, -0.25) is 0 Å². The molecule has 0 aliphatic rings. The van der Waals surface area contributed by atoms with Crippen molar-refractivity contribution in [2.45, 2.75) is 33.6 Å². The van der Waals surface area contributed by atoms with Crippen LogP contribution in [-0.2, 0) is 0 Å². The van der Waals surface area contributed by atoms with Crippen LogP contribution in [0.4, 0.5) is 10.1 Å². The van der Waals surface area contributed by atoms with Gasteiger partial charge in [-0.1, -0.05) is 27.7 Å². The molecule has 0 spiro atoms. The lowest BCUT2D eigenvalue weighted by molar-refractivity contribution is 0.624. The van der Waals surface area contributed by atoms with E-state index in [2.05, 4.69) is 0 Å². The van der Waals surface area contributed by atoms with E-state index in [0.29, 0.717) is 5.69 Å². The van der Waals surface area contributed by atoms with Crippen LogP contribution in [0.5, 0.6) is 0 Å². The summed E-state index contributed by atoms with van der Waals surface area (Å²) >= 11 is 0. The summed E-state index contributed by atoms with van der Waals surface area (Å²) in [5, 5.41) is 0. The highest BCUT2D eigenvalue weighted by Gasteiger charge is 2.04. The van der Waals surface area contributed by atoms with Gasteiger partial charge in [-0.2, -0.15) is 0 Å². The molecule has 0 aromatic heterocycles. The van der Waals surface area contributed by atoms with E-state index in [-0.39, 0.29) is 13.2 Å². The topological polar surface area (TPSA) is 26.0 Å². The van der Waals surface area contributed by atoms with Crippen LogP contribution in [0.2, 0.25) is 0 Å². The van der Waals surface area contributed by atoms with Crippen LogP contribution >= 0.6 is 0 Å². The zero-order valence-corrected chi connectivity index (χ0v) is 8.76. The number of rotatable bonds is 1. The Labute approximate surface area is 81.3 Å². The molecule has 1 aromatic carbocycles. The largest absolute Gasteiger partial charge is 0.398 e. The van der Waals surface area contributed by atoms with Crippen molar-refractivity contribution in [2.24, 2.45) is 0 Å². The maximum atomic E-state index is 12.7. The smallest absolute Gasteiger partial charge is 0.123 e. The molecule has 1 nitrogen and oxygen atoms in total. The fraction of sp³-hybridized carbons (Fsp3) is 0.455. The monoisotopic (exact) mass is 185 g/mol. The van der Waals surface area contributed by atoms with Gasteiger partial charge in [0, 0.05) is 7.11 Å². The van der Waals surface area contributed by atoms with Gasteiger partial charge in [-0.25, -0.2) is 4.39 Å². The predicted octanol–water partition coefficient (Wildman–Crippen LogP) is 3.80. The summed E-state index contributed by atoms with van der Waals surface area (Å²) in [4.78, 5) is 0. The number of anilines is 1. The second-order valence-corrected chi connectivity index (χ2v) is 2.93. The van der Waals surface area contributed by atoms with Gasteiger partial charge in [0.05, 0.1) is 0 Å². The third-order valence-electron chi connectivity index (χ3n) is 1.67. The van der Waals surface area contributed by atoms with E-state index in [9.17, 15) is 4.39 Å². The Bertz CT molecular complexity index is 261. The molecular weight excluding hydrogens is 165 g/mol. The minimum atomic E-state index is -0.220. The van der Waals surface area contributed by atoms with Crippen molar-refractivity contribution in [1.29, 1.82) is 0 Å². The van der Waals surface area contributed by atoms with Crippen molar-refractivity contribution < 1.29 is 5.82 Å². The highest BCUT2D eigenvalue weighted by atomic mass is 19.1. The van der Waals surface area contributed by atoms with Crippen LogP contribution in [-0.4, -0.2) is 0 Å². The standard InChI is InChI=1S/C9H12FN.C2H6.H2/c1-6(2)8-5-7(10)3-4-9(8)11;1-2;/h3-6H,11H2,1-2H3;1-2H3;1H. The molecule has 0 fully saturated rings. The Morgan fingerprint density at radius 2 is 1.85 bits per heavy atom. The van der Waals surface area contributed by atoms with E-state index in [1.54, 1.807) is 6.07 Å². The summed E-state index contributed by atoms with van der Waals surface area (Å²) < 4.78 is 12.7. The fourth-order valence-electron chi connectivity index (χ4n) is 1.05. The molecule has 0 saturated heterocycles. The van der Waals surface area contributed by atoms with Crippen molar-refractivity contribution in [3.63, 3.8) is 0 Å². The molecular formula is C11H20FN. The maximum absolute atomic E-state index is 12.7. The van der Waals surface area contributed by atoms with Gasteiger partial charge in [-0.05, 0) is 29.7 Å². The number of benzene rings is 1. The third kappa shape index (κ3) is 3.45. The number of nitrogens with two attached hydrogens (primary N) is 1. The van der Waals surface area contributed by atoms with Crippen molar-refractivity contribution in [2.75, 3.05) is 5.73 Å². The molecule has 2 heteroatoms. The Kier molecular flexibility index (Phi) is 5.12. The van der Waals surface area contributed by atoms with Gasteiger partial charge >= 0.3 is 0 Å². The van der Waals surface area contributed by atoms with E-state index in [1.165, 1.54) is 12.1 Å². The average Bonchev–Trinajstić information content (AvgIpc) is 2.12. The molecule has 1 rings (SSSR count). The summed E-state index contributed by atoms with van der Waals surface area (Å²) in [7, 11) is 0. The number of halogens is 1. The van der Waals surface area contributed by atoms with E-state index in [4.69, 9.17) is 5.73 Å². The van der Waals surface area contributed by atoms with E-state index < -0.39 is 0 Å². The number of hydrogen-bond acceptors (Lipinski definition) is 1. The lowest BCUT2D eigenvalue weighted by Gasteiger charge is -2.08. The molecule has 0 atom stereocenters. The third-order valence-corrected chi connectivity index (χ3v) is 1.67. The summed E-state index contributed by atoms with van der Waals surface area (Å²) in [6.07, 6.45) is 0. The van der Waals surface area contributed by atoms with Crippen LogP contribution in [0.25, 0.3) is 0 Å². The summed E-state index contributed by atoms with van der Waals surface area (Å²) in [5.41, 5.74) is 7.17. The molecule has 0 unspecified atom stereocenters. The molecule has 13 heavy (non-hydrogen) atoms. The predicted molar refractivity (Wildman–Crippen MR) is 58.4 cm³/mol. The van der Waals surface area contributed by atoms with E-state index in [1.807, 2.05) is 27.7 Å². The molecule has 1 aromatic rings. The van der Waals surface area contributed by atoms with Crippen molar-refractivity contribution in [3.8, 4) is 0 Å². The van der Waals surface area contributed by atoms with Gasteiger partial charge in [0.25, 0.3) is 0 Å². The van der Waals surface area contributed by atoms with Crippen LogP contribution in [0.15, 0.2) is 18.2 Å². The average molecular weight is 185 g/mol. The summed E-state index contributed by atoms with van der Waals surface area (Å²) in [5.74, 6) is 0.0635. The highest BCUT2D eigenvalue weighted by Crippen LogP contribution is 2.21. The SMILES string of the molecule is CC.CC(C)c1cc(F)ccc1N.[HH]. The van der Waals surface area contributed by atoms with Gasteiger partial charge in [-0.15, -0.1) is 0 Å².